The molecular weight excluding hydrogens is 372 g/mol. The average molecular weight is 392 g/mol. The summed E-state index contributed by atoms with van der Waals surface area (Å²) in [5.74, 6) is 1.44. The smallest absolute Gasteiger partial charge is 0.262 e. The first kappa shape index (κ1) is 18.4. The molecule has 0 aliphatic heterocycles. The van der Waals surface area contributed by atoms with Crippen LogP contribution >= 0.6 is 11.8 Å². The van der Waals surface area contributed by atoms with Crippen molar-refractivity contribution in [2.75, 3.05) is 0 Å². The fourth-order valence-electron chi connectivity index (χ4n) is 2.78. The molecule has 3 aromatic heterocycles. The van der Waals surface area contributed by atoms with E-state index in [0.717, 1.165) is 10.9 Å². The van der Waals surface area contributed by atoms with Crippen molar-refractivity contribution >= 4 is 22.7 Å². The minimum atomic E-state index is -0.165. The van der Waals surface area contributed by atoms with Crippen LogP contribution < -0.4 is 5.56 Å². The summed E-state index contributed by atoms with van der Waals surface area (Å²) in [6.07, 6.45) is 3.34. The van der Waals surface area contributed by atoms with Crippen molar-refractivity contribution in [3.05, 3.63) is 76.9 Å². The normalized spacial score (nSPS) is 11.8. The number of hydrogen-bond acceptors (Lipinski definition) is 6. The molecule has 3 heterocycles. The third kappa shape index (κ3) is 3.71. The minimum absolute atomic E-state index is 0.102. The second-order valence-corrected chi connectivity index (χ2v) is 8.44. The van der Waals surface area contributed by atoms with Crippen LogP contribution in [-0.4, -0.2) is 19.5 Å². The van der Waals surface area contributed by atoms with E-state index in [9.17, 15) is 4.79 Å². The lowest BCUT2D eigenvalue weighted by Gasteiger charge is -2.17. The molecule has 0 bridgehead atoms. The highest BCUT2D eigenvalue weighted by molar-refractivity contribution is 7.99. The van der Waals surface area contributed by atoms with Gasteiger partial charge in [-0.05, 0) is 42.1 Å². The first-order valence-corrected chi connectivity index (χ1v) is 9.77. The van der Waals surface area contributed by atoms with E-state index in [0.29, 0.717) is 28.4 Å². The van der Waals surface area contributed by atoms with Gasteiger partial charge in [0.25, 0.3) is 5.56 Å². The highest BCUT2D eigenvalue weighted by Crippen LogP contribution is 2.27. The van der Waals surface area contributed by atoms with Crippen molar-refractivity contribution in [1.29, 1.82) is 0 Å². The summed E-state index contributed by atoms with van der Waals surface area (Å²) in [4.78, 5) is 26.9. The number of fused-ring (bicyclic) bond motifs is 1. The quantitative estimate of drug-likeness (QED) is 0.381. The molecule has 142 valence electrons. The van der Waals surface area contributed by atoms with Gasteiger partial charge in [-0.1, -0.05) is 32.9 Å². The molecule has 7 heteroatoms. The van der Waals surface area contributed by atoms with Gasteiger partial charge in [0, 0.05) is 11.6 Å². The van der Waals surface area contributed by atoms with Crippen LogP contribution in [0.3, 0.4) is 0 Å². The van der Waals surface area contributed by atoms with E-state index in [4.69, 9.17) is 9.40 Å². The second-order valence-electron chi connectivity index (χ2n) is 7.45. The van der Waals surface area contributed by atoms with Gasteiger partial charge < -0.3 is 4.42 Å². The summed E-state index contributed by atoms with van der Waals surface area (Å²) < 4.78 is 7.08. The van der Waals surface area contributed by atoms with Gasteiger partial charge in [-0.3, -0.25) is 9.36 Å². The van der Waals surface area contributed by atoms with Crippen LogP contribution in [-0.2, 0) is 12.0 Å². The number of rotatable bonds is 4. The molecule has 0 saturated heterocycles. The Morgan fingerprint density at radius 2 is 1.89 bits per heavy atom. The van der Waals surface area contributed by atoms with E-state index < -0.39 is 0 Å². The summed E-state index contributed by atoms with van der Waals surface area (Å²) in [6, 6.07) is 12.8. The number of benzene rings is 1. The van der Waals surface area contributed by atoms with E-state index >= 15 is 0 Å². The zero-order valence-corrected chi connectivity index (χ0v) is 16.7. The molecule has 0 spiro atoms. The fraction of sp³-hybridized carbons (Fsp3) is 0.238. The molecule has 0 aliphatic rings. The maximum atomic E-state index is 13.1. The molecule has 1 aromatic carbocycles. The lowest BCUT2D eigenvalue weighted by Crippen LogP contribution is -2.24. The Labute approximate surface area is 166 Å². The SMILES string of the molecule is CC(C)(C)c1nccc(Sc2nc3ccccc3c(=O)n2Cc2ccco2)n1. The third-order valence-corrected chi connectivity index (χ3v) is 5.15. The van der Waals surface area contributed by atoms with Gasteiger partial charge in [-0.2, -0.15) is 0 Å². The highest BCUT2D eigenvalue weighted by Gasteiger charge is 2.19. The molecule has 0 atom stereocenters. The predicted molar refractivity (Wildman–Crippen MR) is 109 cm³/mol. The number of aromatic nitrogens is 4. The summed E-state index contributed by atoms with van der Waals surface area (Å²) in [5, 5.41) is 1.89. The van der Waals surface area contributed by atoms with Crippen LogP contribution in [0, 0.1) is 0 Å². The molecule has 0 radical (unpaired) electrons. The molecule has 0 saturated carbocycles. The topological polar surface area (TPSA) is 73.8 Å². The van der Waals surface area contributed by atoms with Crippen LogP contribution in [0.4, 0.5) is 0 Å². The Balaban J connectivity index is 1.82. The van der Waals surface area contributed by atoms with Crippen molar-refractivity contribution in [3.63, 3.8) is 0 Å². The first-order valence-electron chi connectivity index (χ1n) is 8.95. The van der Waals surface area contributed by atoms with Crippen molar-refractivity contribution < 1.29 is 4.42 Å². The number of furan rings is 1. The van der Waals surface area contributed by atoms with Gasteiger partial charge in [0.15, 0.2) is 5.16 Å². The Kier molecular flexibility index (Phi) is 4.77. The van der Waals surface area contributed by atoms with Crippen LogP contribution in [0.25, 0.3) is 10.9 Å². The van der Waals surface area contributed by atoms with E-state index in [1.807, 2.05) is 36.4 Å². The average Bonchev–Trinajstić information content (AvgIpc) is 3.18. The largest absolute Gasteiger partial charge is 0.467 e. The zero-order chi connectivity index (χ0) is 19.7. The third-order valence-electron chi connectivity index (χ3n) is 4.22. The van der Waals surface area contributed by atoms with Crippen molar-refractivity contribution in [2.45, 2.75) is 42.9 Å². The predicted octanol–water partition coefficient (Wildman–Crippen LogP) is 4.28. The van der Waals surface area contributed by atoms with Gasteiger partial charge in [0.2, 0.25) is 0 Å². The van der Waals surface area contributed by atoms with Gasteiger partial charge in [0.05, 0.1) is 23.7 Å². The Hall–Kier alpha value is -2.93. The van der Waals surface area contributed by atoms with E-state index in [1.165, 1.54) is 11.8 Å². The number of para-hydroxylation sites is 1. The monoisotopic (exact) mass is 392 g/mol. The van der Waals surface area contributed by atoms with Crippen LogP contribution in [0.5, 0.6) is 0 Å². The zero-order valence-electron chi connectivity index (χ0n) is 15.9. The molecule has 4 aromatic rings. The Morgan fingerprint density at radius 3 is 2.64 bits per heavy atom. The summed E-state index contributed by atoms with van der Waals surface area (Å²) in [6.45, 7) is 6.51. The molecule has 0 amide bonds. The molecule has 0 fully saturated rings. The highest BCUT2D eigenvalue weighted by atomic mass is 32.2. The number of hydrogen-bond donors (Lipinski definition) is 0. The lowest BCUT2D eigenvalue weighted by molar-refractivity contribution is 0.476. The van der Waals surface area contributed by atoms with Gasteiger partial charge >= 0.3 is 0 Å². The Morgan fingerprint density at radius 1 is 1.07 bits per heavy atom. The maximum Gasteiger partial charge on any atom is 0.262 e. The Bertz CT molecular complexity index is 1180. The molecule has 0 aliphatic carbocycles. The van der Waals surface area contributed by atoms with Gasteiger partial charge in [-0.15, -0.1) is 0 Å². The molecule has 28 heavy (non-hydrogen) atoms. The second kappa shape index (κ2) is 7.24. The standard InChI is InChI=1S/C21H20N4O2S/c1-21(2,3)19-22-11-10-17(24-19)28-20-23-16-9-5-4-8-15(16)18(26)25(20)13-14-7-6-12-27-14/h4-12H,13H2,1-3H3. The fourth-order valence-corrected chi connectivity index (χ4v) is 3.63. The van der Waals surface area contributed by atoms with Crippen LogP contribution in [0.2, 0.25) is 0 Å². The van der Waals surface area contributed by atoms with Crippen LogP contribution in [0.15, 0.2) is 74.3 Å². The summed E-state index contributed by atoms with van der Waals surface area (Å²) in [5.41, 5.74) is 0.395. The van der Waals surface area contributed by atoms with Gasteiger partial charge in [-0.25, -0.2) is 15.0 Å². The first-order chi connectivity index (χ1) is 13.4. The minimum Gasteiger partial charge on any atom is -0.467 e. The molecule has 6 nitrogen and oxygen atoms in total. The molecule has 4 rings (SSSR count). The van der Waals surface area contributed by atoms with Crippen molar-refractivity contribution in [2.24, 2.45) is 0 Å². The number of nitrogens with zero attached hydrogens (tertiary/aromatic N) is 4. The van der Waals surface area contributed by atoms with E-state index in [-0.39, 0.29) is 11.0 Å². The summed E-state index contributed by atoms with van der Waals surface area (Å²) in [7, 11) is 0. The van der Waals surface area contributed by atoms with Gasteiger partial charge in [0.1, 0.15) is 16.6 Å². The maximum absolute atomic E-state index is 13.1. The molecule has 0 N–H and O–H groups in total. The lowest BCUT2D eigenvalue weighted by atomic mass is 9.96. The van der Waals surface area contributed by atoms with E-state index in [1.54, 1.807) is 23.1 Å². The van der Waals surface area contributed by atoms with Crippen molar-refractivity contribution in [1.82, 2.24) is 19.5 Å². The van der Waals surface area contributed by atoms with Crippen LogP contribution in [0.1, 0.15) is 32.4 Å². The van der Waals surface area contributed by atoms with E-state index in [2.05, 4.69) is 30.7 Å². The summed E-state index contributed by atoms with van der Waals surface area (Å²) >= 11 is 1.35. The van der Waals surface area contributed by atoms with Crippen molar-refractivity contribution in [3.8, 4) is 0 Å². The molecular formula is C21H20N4O2S. The molecule has 0 unspecified atom stereocenters.